The van der Waals surface area contributed by atoms with E-state index >= 15 is 0 Å². The first-order valence-corrected chi connectivity index (χ1v) is 9.42. The van der Waals surface area contributed by atoms with Crippen LogP contribution in [0, 0.1) is 5.92 Å². The number of carbonyl (C=O) groups excluding carboxylic acids is 1. The van der Waals surface area contributed by atoms with Gasteiger partial charge in [0.25, 0.3) is 0 Å². The van der Waals surface area contributed by atoms with Crippen molar-refractivity contribution < 1.29 is 13.9 Å². The fourth-order valence-electron chi connectivity index (χ4n) is 3.51. The maximum Gasteiger partial charge on any atom is 0.228 e. The van der Waals surface area contributed by atoms with Crippen molar-refractivity contribution in [3.05, 3.63) is 30.6 Å². The van der Waals surface area contributed by atoms with Gasteiger partial charge in [0, 0.05) is 43.9 Å². The highest BCUT2D eigenvalue weighted by Gasteiger charge is 2.31. The third-order valence-electron chi connectivity index (χ3n) is 5.21. The van der Waals surface area contributed by atoms with Crippen molar-refractivity contribution in [1.82, 2.24) is 24.7 Å². The molecule has 3 aromatic heterocycles. The Bertz CT molecular complexity index is 1040. The Balaban J connectivity index is 1.44. The highest BCUT2D eigenvalue weighted by molar-refractivity contribution is 5.93. The molecule has 1 amide bonds. The van der Waals surface area contributed by atoms with E-state index in [1.54, 1.807) is 15.4 Å². The normalized spacial score (nSPS) is 21.9. The van der Waals surface area contributed by atoms with Crippen LogP contribution in [0.1, 0.15) is 12.8 Å². The molecule has 2 aliphatic rings. The standard InChI is InChI=1S/C19H21FN6O2/c1-25-18(16(10-22-25)28-15-9-21-8-14(15)20)12-4-5-26-13(6-12)7-17(24-26)23-19(27)11-2-3-11/h4-7,10-11,14-15,21H,2-3,8-9H2,1H3,(H,23,24,27)/t14-,15-/m0/s1. The van der Waals surface area contributed by atoms with E-state index in [4.69, 9.17) is 4.74 Å². The van der Waals surface area contributed by atoms with Gasteiger partial charge in [0.15, 0.2) is 17.7 Å². The average molecular weight is 384 g/mol. The molecule has 0 spiro atoms. The van der Waals surface area contributed by atoms with Crippen LogP contribution in [-0.2, 0) is 11.8 Å². The van der Waals surface area contributed by atoms with Crippen LogP contribution >= 0.6 is 0 Å². The van der Waals surface area contributed by atoms with Gasteiger partial charge in [0.2, 0.25) is 5.91 Å². The molecule has 0 radical (unpaired) electrons. The molecule has 5 rings (SSSR count). The number of pyridine rings is 1. The number of rotatable bonds is 5. The summed E-state index contributed by atoms with van der Waals surface area (Å²) >= 11 is 0. The minimum Gasteiger partial charge on any atom is -0.482 e. The number of fused-ring (bicyclic) bond motifs is 1. The lowest BCUT2D eigenvalue weighted by atomic mass is 10.1. The molecule has 3 aromatic rings. The van der Waals surface area contributed by atoms with Crippen molar-refractivity contribution >= 4 is 17.2 Å². The number of alkyl halides is 1. The zero-order valence-electron chi connectivity index (χ0n) is 15.4. The Morgan fingerprint density at radius 1 is 1.36 bits per heavy atom. The summed E-state index contributed by atoms with van der Waals surface area (Å²) in [5.41, 5.74) is 2.48. The molecule has 0 aromatic carbocycles. The molecule has 1 saturated heterocycles. The lowest BCUT2D eigenvalue weighted by Crippen LogP contribution is -2.27. The Hall–Kier alpha value is -2.94. The molecule has 2 N–H and O–H groups in total. The molecule has 0 unspecified atom stereocenters. The number of ether oxygens (including phenoxy) is 1. The summed E-state index contributed by atoms with van der Waals surface area (Å²) in [7, 11) is 1.82. The molecule has 1 aliphatic heterocycles. The van der Waals surface area contributed by atoms with E-state index in [-0.39, 0.29) is 11.8 Å². The van der Waals surface area contributed by atoms with Gasteiger partial charge in [-0.05, 0) is 25.0 Å². The van der Waals surface area contributed by atoms with Crippen LogP contribution < -0.4 is 15.4 Å². The summed E-state index contributed by atoms with van der Waals surface area (Å²) in [6.45, 7) is 0.776. The quantitative estimate of drug-likeness (QED) is 0.700. The number of nitrogens with zero attached hydrogens (tertiary/aromatic N) is 4. The minimum absolute atomic E-state index is 0.0249. The van der Waals surface area contributed by atoms with Crippen LogP contribution in [0.15, 0.2) is 30.6 Å². The highest BCUT2D eigenvalue weighted by atomic mass is 19.1. The fourth-order valence-corrected chi connectivity index (χ4v) is 3.51. The van der Waals surface area contributed by atoms with Gasteiger partial charge in [-0.3, -0.25) is 9.48 Å². The monoisotopic (exact) mass is 384 g/mol. The summed E-state index contributed by atoms with van der Waals surface area (Å²) in [6, 6.07) is 5.68. The number of aromatic nitrogens is 4. The van der Waals surface area contributed by atoms with Crippen molar-refractivity contribution in [2.24, 2.45) is 13.0 Å². The molecular weight excluding hydrogens is 363 g/mol. The lowest BCUT2D eigenvalue weighted by molar-refractivity contribution is -0.117. The number of anilines is 1. The molecule has 8 nitrogen and oxygen atoms in total. The molecule has 28 heavy (non-hydrogen) atoms. The first kappa shape index (κ1) is 17.2. The number of nitrogens with one attached hydrogen (secondary N) is 2. The number of halogens is 1. The predicted molar refractivity (Wildman–Crippen MR) is 101 cm³/mol. The Kier molecular flexibility index (Phi) is 4.04. The molecule has 2 fully saturated rings. The summed E-state index contributed by atoms with van der Waals surface area (Å²) < 4.78 is 23.2. The predicted octanol–water partition coefficient (Wildman–Crippen LogP) is 1.77. The fraction of sp³-hybridized carbons (Fsp3) is 0.421. The second-order valence-corrected chi connectivity index (χ2v) is 7.39. The van der Waals surface area contributed by atoms with Crippen LogP contribution in [0.25, 0.3) is 16.8 Å². The number of carbonyl (C=O) groups is 1. The second kappa shape index (κ2) is 6.59. The topological polar surface area (TPSA) is 85.5 Å². The molecule has 2 atom stereocenters. The SMILES string of the molecule is Cn1ncc(O[C@H]2CNC[C@@H]2F)c1-c1ccn2nc(NC(=O)C3CC3)cc2c1. The van der Waals surface area contributed by atoms with Gasteiger partial charge < -0.3 is 15.4 Å². The average Bonchev–Trinajstić information content (AvgIpc) is 3.20. The molecule has 146 valence electrons. The van der Waals surface area contributed by atoms with Gasteiger partial charge in [-0.2, -0.15) is 10.2 Å². The van der Waals surface area contributed by atoms with Crippen LogP contribution in [0.4, 0.5) is 10.2 Å². The summed E-state index contributed by atoms with van der Waals surface area (Å²) in [4.78, 5) is 12.0. The van der Waals surface area contributed by atoms with Crippen molar-refractivity contribution in [1.29, 1.82) is 0 Å². The summed E-state index contributed by atoms with van der Waals surface area (Å²) in [6.07, 6.45) is 3.77. The zero-order chi connectivity index (χ0) is 19.3. The van der Waals surface area contributed by atoms with Gasteiger partial charge in [0.05, 0.1) is 11.7 Å². The van der Waals surface area contributed by atoms with E-state index in [9.17, 15) is 9.18 Å². The Morgan fingerprint density at radius 3 is 2.96 bits per heavy atom. The Labute approximate surface area is 160 Å². The number of amides is 1. The molecule has 4 heterocycles. The number of hydrogen-bond acceptors (Lipinski definition) is 5. The second-order valence-electron chi connectivity index (χ2n) is 7.39. The maximum absolute atomic E-state index is 13.9. The summed E-state index contributed by atoms with van der Waals surface area (Å²) in [5.74, 6) is 1.23. The van der Waals surface area contributed by atoms with E-state index in [0.717, 1.165) is 29.6 Å². The van der Waals surface area contributed by atoms with Gasteiger partial charge in [-0.25, -0.2) is 8.91 Å². The number of hydrogen-bond donors (Lipinski definition) is 2. The molecule has 0 bridgehead atoms. The van der Waals surface area contributed by atoms with Gasteiger partial charge >= 0.3 is 0 Å². The summed E-state index contributed by atoms with van der Waals surface area (Å²) in [5, 5.41) is 14.5. The van der Waals surface area contributed by atoms with Crippen molar-refractivity contribution in [3.8, 4) is 17.0 Å². The largest absolute Gasteiger partial charge is 0.482 e. The van der Waals surface area contributed by atoms with Crippen molar-refractivity contribution in [2.75, 3.05) is 18.4 Å². The minimum atomic E-state index is -1.04. The Morgan fingerprint density at radius 2 is 2.21 bits per heavy atom. The molecule has 1 aliphatic carbocycles. The van der Waals surface area contributed by atoms with Crippen LogP contribution in [0.2, 0.25) is 0 Å². The van der Waals surface area contributed by atoms with E-state index in [1.165, 1.54) is 0 Å². The van der Waals surface area contributed by atoms with Gasteiger partial charge in [-0.15, -0.1) is 0 Å². The van der Waals surface area contributed by atoms with E-state index in [0.29, 0.717) is 24.7 Å². The lowest BCUT2D eigenvalue weighted by Gasteiger charge is -2.15. The zero-order valence-corrected chi connectivity index (χ0v) is 15.4. The third-order valence-corrected chi connectivity index (χ3v) is 5.21. The van der Waals surface area contributed by atoms with E-state index in [1.807, 2.05) is 31.4 Å². The first-order valence-electron chi connectivity index (χ1n) is 9.42. The molecular formula is C19H21FN6O2. The molecule has 9 heteroatoms. The third kappa shape index (κ3) is 3.11. The molecule has 1 saturated carbocycles. The van der Waals surface area contributed by atoms with Crippen LogP contribution in [0.3, 0.4) is 0 Å². The van der Waals surface area contributed by atoms with Gasteiger partial charge in [0.1, 0.15) is 11.8 Å². The van der Waals surface area contributed by atoms with Crippen molar-refractivity contribution in [3.63, 3.8) is 0 Å². The van der Waals surface area contributed by atoms with E-state index < -0.39 is 12.3 Å². The van der Waals surface area contributed by atoms with Gasteiger partial charge in [-0.1, -0.05) is 0 Å². The van der Waals surface area contributed by atoms with Crippen molar-refractivity contribution in [2.45, 2.75) is 25.1 Å². The smallest absolute Gasteiger partial charge is 0.228 e. The van der Waals surface area contributed by atoms with Crippen LogP contribution in [0.5, 0.6) is 5.75 Å². The number of aryl methyl sites for hydroxylation is 1. The van der Waals surface area contributed by atoms with Crippen LogP contribution in [-0.4, -0.2) is 50.7 Å². The first-order chi connectivity index (χ1) is 13.6. The van der Waals surface area contributed by atoms with E-state index in [2.05, 4.69) is 20.8 Å². The highest BCUT2D eigenvalue weighted by Crippen LogP contribution is 2.33. The maximum atomic E-state index is 13.9.